The summed E-state index contributed by atoms with van der Waals surface area (Å²) in [4.78, 5) is 4.10. The third-order valence-corrected chi connectivity index (χ3v) is 3.28. The summed E-state index contributed by atoms with van der Waals surface area (Å²) in [7, 11) is 0. The SMILES string of the molecule is OC1(CNc2cccnc2Br)CCC1. The summed E-state index contributed by atoms with van der Waals surface area (Å²) in [5, 5.41) is 13.1. The minimum absolute atomic E-state index is 0.491. The maximum absolute atomic E-state index is 9.86. The number of halogens is 1. The number of nitrogens with one attached hydrogen (secondary N) is 1. The molecule has 2 rings (SSSR count). The largest absolute Gasteiger partial charge is 0.388 e. The van der Waals surface area contributed by atoms with E-state index >= 15 is 0 Å². The van der Waals surface area contributed by atoms with Crippen molar-refractivity contribution in [1.82, 2.24) is 4.98 Å². The normalized spacial score (nSPS) is 18.7. The second kappa shape index (κ2) is 3.87. The van der Waals surface area contributed by atoms with Gasteiger partial charge in [0.15, 0.2) is 0 Å². The van der Waals surface area contributed by atoms with Crippen LogP contribution in [0.1, 0.15) is 19.3 Å². The van der Waals surface area contributed by atoms with Gasteiger partial charge >= 0.3 is 0 Å². The Hall–Kier alpha value is -0.610. The zero-order chi connectivity index (χ0) is 10.0. The molecule has 14 heavy (non-hydrogen) atoms. The minimum Gasteiger partial charge on any atom is -0.388 e. The van der Waals surface area contributed by atoms with Crippen LogP contribution in [0.2, 0.25) is 0 Å². The van der Waals surface area contributed by atoms with Crippen molar-refractivity contribution < 1.29 is 5.11 Å². The van der Waals surface area contributed by atoms with Crippen LogP contribution in [0.25, 0.3) is 0 Å². The molecule has 0 aliphatic heterocycles. The van der Waals surface area contributed by atoms with E-state index in [-0.39, 0.29) is 0 Å². The molecule has 4 heteroatoms. The molecule has 0 amide bonds. The number of aromatic nitrogens is 1. The Balaban J connectivity index is 1.95. The van der Waals surface area contributed by atoms with Gasteiger partial charge in [-0.1, -0.05) is 0 Å². The van der Waals surface area contributed by atoms with Crippen LogP contribution < -0.4 is 5.32 Å². The van der Waals surface area contributed by atoms with Crippen LogP contribution in [0.15, 0.2) is 22.9 Å². The second-order valence-corrected chi connectivity index (χ2v) is 4.52. The van der Waals surface area contributed by atoms with Crippen LogP contribution in [0.4, 0.5) is 5.69 Å². The van der Waals surface area contributed by atoms with Crippen molar-refractivity contribution in [2.75, 3.05) is 11.9 Å². The molecule has 0 bridgehead atoms. The van der Waals surface area contributed by atoms with Crippen molar-refractivity contribution >= 4 is 21.6 Å². The first-order valence-electron chi connectivity index (χ1n) is 4.76. The smallest absolute Gasteiger partial charge is 0.129 e. The van der Waals surface area contributed by atoms with Gasteiger partial charge in [0, 0.05) is 12.7 Å². The number of pyridine rings is 1. The molecule has 3 nitrogen and oxygen atoms in total. The van der Waals surface area contributed by atoms with E-state index < -0.39 is 5.60 Å². The molecule has 1 saturated carbocycles. The topological polar surface area (TPSA) is 45.1 Å². The predicted octanol–water partition coefficient (Wildman–Crippen LogP) is 2.17. The van der Waals surface area contributed by atoms with E-state index in [1.165, 1.54) is 0 Å². The highest BCUT2D eigenvalue weighted by molar-refractivity contribution is 9.10. The van der Waals surface area contributed by atoms with Gasteiger partial charge in [-0.05, 0) is 47.3 Å². The summed E-state index contributed by atoms with van der Waals surface area (Å²) in [6.07, 6.45) is 4.66. The Bertz CT molecular complexity index is 326. The van der Waals surface area contributed by atoms with Gasteiger partial charge in [-0.2, -0.15) is 0 Å². The summed E-state index contributed by atoms with van der Waals surface area (Å²) < 4.78 is 0.794. The molecule has 1 heterocycles. The molecule has 1 aromatic heterocycles. The van der Waals surface area contributed by atoms with Crippen LogP contribution in [-0.4, -0.2) is 22.2 Å². The molecule has 0 spiro atoms. The fourth-order valence-corrected chi connectivity index (χ4v) is 1.93. The van der Waals surface area contributed by atoms with Gasteiger partial charge < -0.3 is 10.4 Å². The first-order chi connectivity index (χ1) is 6.70. The average molecular weight is 257 g/mol. The van der Waals surface area contributed by atoms with Crippen molar-refractivity contribution in [3.8, 4) is 0 Å². The molecular weight excluding hydrogens is 244 g/mol. The summed E-state index contributed by atoms with van der Waals surface area (Å²) in [6.45, 7) is 0.608. The highest BCUT2D eigenvalue weighted by atomic mass is 79.9. The van der Waals surface area contributed by atoms with Crippen molar-refractivity contribution in [1.29, 1.82) is 0 Å². The van der Waals surface area contributed by atoms with Gasteiger partial charge in [-0.25, -0.2) is 4.98 Å². The number of anilines is 1. The van der Waals surface area contributed by atoms with Crippen LogP contribution in [0.3, 0.4) is 0 Å². The highest BCUT2D eigenvalue weighted by Gasteiger charge is 2.33. The van der Waals surface area contributed by atoms with E-state index in [0.717, 1.165) is 29.6 Å². The van der Waals surface area contributed by atoms with Gasteiger partial charge in [0.05, 0.1) is 11.3 Å². The third kappa shape index (κ3) is 2.07. The fraction of sp³-hybridized carbons (Fsp3) is 0.500. The molecule has 0 aromatic carbocycles. The molecule has 0 saturated heterocycles. The summed E-state index contributed by atoms with van der Waals surface area (Å²) in [5.41, 5.74) is 0.447. The number of aliphatic hydroxyl groups is 1. The van der Waals surface area contributed by atoms with Gasteiger partial charge in [0.2, 0.25) is 0 Å². The molecule has 1 aliphatic rings. The molecule has 1 aliphatic carbocycles. The van der Waals surface area contributed by atoms with E-state index in [4.69, 9.17) is 0 Å². The zero-order valence-electron chi connectivity index (χ0n) is 7.83. The van der Waals surface area contributed by atoms with Crippen LogP contribution >= 0.6 is 15.9 Å². The highest BCUT2D eigenvalue weighted by Crippen LogP contribution is 2.32. The standard InChI is InChI=1S/C10H13BrN2O/c11-9-8(3-1-6-12-9)13-7-10(14)4-2-5-10/h1,3,6,13-14H,2,4-5,7H2. The predicted molar refractivity (Wildman–Crippen MR) is 59.2 cm³/mol. The molecule has 0 unspecified atom stereocenters. The van der Waals surface area contributed by atoms with Crippen molar-refractivity contribution in [2.24, 2.45) is 0 Å². The zero-order valence-corrected chi connectivity index (χ0v) is 9.42. The van der Waals surface area contributed by atoms with E-state index in [0.29, 0.717) is 6.54 Å². The molecule has 2 N–H and O–H groups in total. The van der Waals surface area contributed by atoms with Crippen LogP contribution in [-0.2, 0) is 0 Å². The lowest BCUT2D eigenvalue weighted by molar-refractivity contribution is -0.0202. The summed E-state index contributed by atoms with van der Waals surface area (Å²) in [6, 6.07) is 3.82. The quantitative estimate of drug-likeness (QED) is 0.816. The van der Waals surface area contributed by atoms with Crippen molar-refractivity contribution in [3.63, 3.8) is 0 Å². The van der Waals surface area contributed by atoms with E-state index in [1.807, 2.05) is 12.1 Å². The lowest BCUT2D eigenvalue weighted by Gasteiger charge is -2.36. The Morgan fingerprint density at radius 1 is 1.57 bits per heavy atom. The monoisotopic (exact) mass is 256 g/mol. The van der Waals surface area contributed by atoms with Gasteiger partial charge in [-0.15, -0.1) is 0 Å². The molecule has 0 atom stereocenters. The third-order valence-electron chi connectivity index (χ3n) is 2.65. The average Bonchev–Trinajstić information content (AvgIpc) is 2.14. The minimum atomic E-state index is -0.491. The number of hydrogen-bond acceptors (Lipinski definition) is 3. The van der Waals surface area contributed by atoms with Crippen LogP contribution in [0.5, 0.6) is 0 Å². The number of hydrogen-bond donors (Lipinski definition) is 2. The number of rotatable bonds is 3. The van der Waals surface area contributed by atoms with Gasteiger partial charge in [0.1, 0.15) is 4.60 Å². The second-order valence-electron chi connectivity index (χ2n) is 3.77. The summed E-state index contributed by atoms with van der Waals surface area (Å²) in [5.74, 6) is 0. The first-order valence-corrected chi connectivity index (χ1v) is 5.56. The Labute approximate surface area is 91.7 Å². The molecule has 1 aromatic rings. The van der Waals surface area contributed by atoms with Gasteiger partial charge in [0.25, 0.3) is 0 Å². The fourth-order valence-electron chi connectivity index (χ4n) is 1.54. The van der Waals surface area contributed by atoms with E-state index in [2.05, 4.69) is 26.2 Å². The maximum atomic E-state index is 9.86. The van der Waals surface area contributed by atoms with E-state index in [9.17, 15) is 5.11 Å². The lowest BCUT2D eigenvalue weighted by atomic mass is 9.80. The molecule has 1 fully saturated rings. The van der Waals surface area contributed by atoms with E-state index in [1.54, 1.807) is 6.20 Å². The number of nitrogens with zero attached hydrogens (tertiary/aromatic N) is 1. The summed E-state index contributed by atoms with van der Waals surface area (Å²) >= 11 is 3.35. The van der Waals surface area contributed by atoms with Gasteiger partial charge in [-0.3, -0.25) is 0 Å². The first kappa shape index (κ1) is 9.93. The lowest BCUT2D eigenvalue weighted by Crippen LogP contribution is -2.43. The molecule has 76 valence electrons. The Kier molecular flexibility index (Phi) is 2.74. The molecular formula is C10H13BrN2O. The Morgan fingerprint density at radius 3 is 2.93 bits per heavy atom. The molecule has 0 radical (unpaired) electrons. The maximum Gasteiger partial charge on any atom is 0.129 e. The van der Waals surface area contributed by atoms with Crippen molar-refractivity contribution in [2.45, 2.75) is 24.9 Å². The van der Waals surface area contributed by atoms with Crippen LogP contribution in [0, 0.1) is 0 Å². The Morgan fingerprint density at radius 2 is 2.36 bits per heavy atom. The van der Waals surface area contributed by atoms with Crippen molar-refractivity contribution in [3.05, 3.63) is 22.9 Å².